The number of nitrogens with zero attached hydrogens (tertiary/aromatic N) is 1. The van der Waals surface area contributed by atoms with Crippen LogP contribution in [-0.4, -0.2) is 10.8 Å². The Kier molecular flexibility index (Phi) is 3.52. The predicted molar refractivity (Wildman–Crippen MR) is 90.3 cm³/mol. The maximum Gasteiger partial charge on any atom is 0.196 e. The number of ketones is 1. The fourth-order valence-corrected chi connectivity index (χ4v) is 3.03. The Labute approximate surface area is 135 Å². The van der Waals surface area contributed by atoms with Crippen molar-refractivity contribution < 1.29 is 4.79 Å². The van der Waals surface area contributed by atoms with E-state index in [1.54, 1.807) is 12.3 Å². The molecule has 0 unspecified atom stereocenters. The number of aryl methyl sites for hydroxylation is 1. The van der Waals surface area contributed by atoms with Gasteiger partial charge < -0.3 is 4.98 Å². The quantitative estimate of drug-likeness (QED) is 0.531. The molecule has 0 spiro atoms. The highest BCUT2D eigenvalue weighted by Crippen LogP contribution is 2.27. The molecule has 102 valence electrons. The van der Waals surface area contributed by atoms with E-state index in [1.165, 1.54) is 0 Å². The lowest BCUT2D eigenvalue weighted by Gasteiger charge is -2.06. The lowest BCUT2D eigenvalue weighted by atomic mass is 9.99. The van der Waals surface area contributed by atoms with Gasteiger partial charge in [-0.1, -0.05) is 18.2 Å². The second kappa shape index (κ2) is 5.34. The summed E-state index contributed by atoms with van der Waals surface area (Å²) in [7, 11) is 0. The Morgan fingerprint density at radius 1 is 1.19 bits per heavy atom. The fraction of sp³-hybridized carbons (Fsp3) is 0.0588. The van der Waals surface area contributed by atoms with Crippen molar-refractivity contribution in [3.8, 4) is 6.07 Å². The van der Waals surface area contributed by atoms with Gasteiger partial charge in [0.15, 0.2) is 5.78 Å². The third-order valence-corrected chi connectivity index (χ3v) is 4.94. The maximum absolute atomic E-state index is 12.8. The number of hydrogen-bond acceptors (Lipinski definition) is 2. The van der Waals surface area contributed by atoms with Gasteiger partial charge in [0.1, 0.15) is 0 Å². The van der Waals surface area contributed by atoms with Crippen LogP contribution in [0.5, 0.6) is 0 Å². The zero-order valence-corrected chi connectivity index (χ0v) is 13.4. The van der Waals surface area contributed by atoms with E-state index in [1.807, 2.05) is 37.3 Å². The number of aromatic amines is 1. The largest absolute Gasteiger partial charge is 0.360 e. The van der Waals surface area contributed by atoms with Crippen LogP contribution in [0.15, 0.2) is 42.6 Å². The summed E-state index contributed by atoms with van der Waals surface area (Å²) in [6.07, 6.45) is 1.69. The van der Waals surface area contributed by atoms with Gasteiger partial charge in [-0.2, -0.15) is 5.26 Å². The molecule has 0 atom stereocenters. The molecule has 3 aromatic rings. The molecule has 0 saturated heterocycles. The first-order valence-corrected chi connectivity index (χ1v) is 7.51. The van der Waals surface area contributed by atoms with Gasteiger partial charge in [0.05, 0.1) is 11.6 Å². The normalized spacial score (nSPS) is 10.5. The van der Waals surface area contributed by atoms with E-state index >= 15 is 0 Å². The van der Waals surface area contributed by atoms with Gasteiger partial charge in [-0.3, -0.25) is 4.79 Å². The van der Waals surface area contributed by atoms with Crippen LogP contribution in [-0.2, 0) is 0 Å². The van der Waals surface area contributed by atoms with Gasteiger partial charge in [-0.15, -0.1) is 0 Å². The summed E-state index contributed by atoms with van der Waals surface area (Å²) in [5, 5.41) is 9.95. The molecule has 1 N–H and O–H groups in total. The van der Waals surface area contributed by atoms with E-state index in [0.717, 1.165) is 14.7 Å². The molecule has 21 heavy (non-hydrogen) atoms. The lowest BCUT2D eigenvalue weighted by Crippen LogP contribution is -2.04. The number of aromatic nitrogens is 1. The van der Waals surface area contributed by atoms with Crippen LogP contribution in [0, 0.1) is 21.8 Å². The average molecular weight is 386 g/mol. The van der Waals surface area contributed by atoms with Crippen LogP contribution in [0.25, 0.3) is 10.9 Å². The number of nitriles is 1. The van der Waals surface area contributed by atoms with Crippen molar-refractivity contribution >= 4 is 39.3 Å². The van der Waals surface area contributed by atoms with Crippen molar-refractivity contribution in [3.05, 3.63) is 68.4 Å². The predicted octanol–water partition coefficient (Wildman–Crippen LogP) is 4.18. The van der Waals surface area contributed by atoms with Crippen LogP contribution < -0.4 is 0 Å². The number of rotatable bonds is 2. The molecule has 0 saturated carbocycles. The SMILES string of the molecule is Cc1cccc(C(=O)c2c[nH]c3cccc(C#N)c23)c1I. The minimum Gasteiger partial charge on any atom is -0.360 e. The molecule has 4 heteroatoms. The highest BCUT2D eigenvalue weighted by molar-refractivity contribution is 14.1. The second-order valence-electron chi connectivity index (χ2n) is 4.81. The van der Waals surface area contributed by atoms with Gasteiger partial charge in [0, 0.05) is 31.8 Å². The molecule has 1 aromatic heterocycles. The summed E-state index contributed by atoms with van der Waals surface area (Å²) in [5.41, 5.74) is 3.61. The van der Waals surface area contributed by atoms with Crippen molar-refractivity contribution in [2.75, 3.05) is 0 Å². The molecule has 0 bridgehead atoms. The highest BCUT2D eigenvalue weighted by atomic mass is 127. The Bertz CT molecular complexity index is 903. The van der Waals surface area contributed by atoms with E-state index in [2.05, 4.69) is 33.6 Å². The van der Waals surface area contributed by atoms with Crippen LogP contribution in [0.1, 0.15) is 27.0 Å². The summed E-state index contributed by atoms with van der Waals surface area (Å²) in [6, 6.07) is 13.2. The zero-order valence-electron chi connectivity index (χ0n) is 11.3. The molecule has 0 amide bonds. The molecule has 0 radical (unpaired) electrons. The fourth-order valence-electron chi connectivity index (χ4n) is 2.42. The van der Waals surface area contributed by atoms with Gasteiger partial charge in [0.2, 0.25) is 0 Å². The van der Waals surface area contributed by atoms with Crippen LogP contribution in [0.4, 0.5) is 0 Å². The number of carbonyl (C=O) groups is 1. The molecule has 0 aliphatic heterocycles. The number of carbonyl (C=O) groups excluding carboxylic acids is 1. The Morgan fingerprint density at radius 3 is 2.71 bits per heavy atom. The number of H-pyrrole nitrogens is 1. The molecule has 0 fully saturated rings. The van der Waals surface area contributed by atoms with Crippen molar-refractivity contribution in [2.45, 2.75) is 6.92 Å². The van der Waals surface area contributed by atoms with Crippen LogP contribution >= 0.6 is 22.6 Å². The number of nitrogens with one attached hydrogen (secondary N) is 1. The lowest BCUT2D eigenvalue weighted by molar-refractivity contribution is 0.103. The molecule has 1 heterocycles. The molecule has 0 aliphatic carbocycles. The molecule has 0 aliphatic rings. The molecular formula is C17H11IN2O. The van der Waals surface area contributed by atoms with Crippen molar-refractivity contribution in [1.29, 1.82) is 5.26 Å². The van der Waals surface area contributed by atoms with Crippen molar-refractivity contribution in [2.24, 2.45) is 0 Å². The van der Waals surface area contributed by atoms with Crippen LogP contribution in [0.3, 0.4) is 0 Å². The Morgan fingerprint density at radius 2 is 1.95 bits per heavy atom. The molecular weight excluding hydrogens is 375 g/mol. The van der Waals surface area contributed by atoms with E-state index in [-0.39, 0.29) is 5.78 Å². The van der Waals surface area contributed by atoms with Gasteiger partial charge in [-0.05, 0) is 53.3 Å². The van der Waals surface area contributed by atoms with Gasteiger partial charge in [-0.25, -0.2) is 0 Å². The van der Waals surface area contributed by atoms with Crippen molar-refractivity contribution in [1.82, 2.24) is 4.98 Å². The number of benzene rings is 2. The molecule has 3 nitrogen and oxygen atoms in total. The standard InChI is InChI=1S/C17H11IN2O/c1-10-4-2-6-12(16(10)18)17(21)13-9-20-14-7-3-5-11(8-19)15(13)14/h2-7,9,20H,1H3. The monoisotopic (exact) mass is 386 g/mol. The number of hydrogen-bond donors (Lipinski definition) is 1. The summed E-state index contributed by atoms with van der Waals surface area (Å²) >= 11 is 2.19. The topological polar surface area (TPSA) is 56.6 Å². The zero-order chi connectivity index (χ0) is 15.0. The molecule has 2 aromatic carbocycles. The summed E-state index contributed by atoms with van der Waals surface area (Å²) in [4.78, 5) is 15.9. The smallest absolute Gasteiger partial charge is 0.196 e. The van der Waals surface area contributed by atoms with Crippen LogP contribution in [0.2, 0.25) is 0 Å². The maximum atomic E-state index is 12.8. The summed E-state index contributed by atoms with van der Waals surface area (Å²) < 4.78 is 0.948. The Hall–Kier alpha value is -2.13. The first-order valence-electron chi connectivity index (χ1n) is 6.43. The highest BCUT2D eigenvalue weighted by Gasteiger charge is 2.19. The molecule has 3 rings (SSSR count). The van der Waals surface area contributed by atoms with E-state index < -0.39 is 0 Å². The third-order valence-electron chi connectivity index (χ3n) is 3.51. The summed E-state index contributed by atoms with van der Waals surface area (Å²) in [6.45, 7) is 1.98. The first-order chi connectivity index (χ1) is 10.1. The second-order valence-corrected chi connectivity index (χ2v) is 5.89. The number of halogens is 1. The van der Waals surface area contributed by atoms with Crippen molar-refractivity contribution in [3.63, 3.8) is 0 Å². The number of fused-ring (bicyclic) bond motifs is 1. The Balaban J connectivity index is 2.24. The minimum atomic E-state index is -0.0583. The third kappa shape index (κ3) is 2.24. The first kappa shape index (κ1) is 13.8. The van der Waals surface area contributed by atoms with Gasteiger partial charge >= 0.3 is 0 Å². The van der Waals surface area contributed by atoms with E-state index in [9.17, 15) is 10.1 Å². The van der Waals surface area contributed by atoms with E-state index in [4.69, 9.17) is 0 Å². The minimum absolute atomic E-state index is 0.0583. The van der Waals surface area contributed by atoms with E-state index in [0.29, 0.717) is 22.1 Å². The van der Waals surface area contributed by atoms with Gasteiger partial charge in [0.25, 0.3) is 0 Å². The summed E-state index contributed by atoms with van der Waals surface area (Å²) in [5.74, 6) is -0.0583. The average Bonchev–Trinajstić information content (AvgIpc) is 2.93.